The Labute approximate surface area is 94.1 Å². The third-order valence-corrected chi connectivity index (χ3v) is 3.07. The third-order valence-electron chi connectivity index (χ3n) is 1.51. The van der Waals surface area contributed by atoms with Crippen molar-refractivity contribution in [3.05, 3.63) is 17.6 Å². The Morgan fingerprint density at radius 2 is 2.53 bits per heavy atom. The Morgan fingerprint density at radius 3 is 3.27 bits per heavy atom. The maximum atomic E-state index is 8.36. The molecule has 2 rings (SSSR count). The molecule has 2 aromatic rings. The first-order chi connectivity index (χ1) is 7.40. The fourth-order valence-corrected chi connectivity index (χ4v) is 1.95. The monoisotopic (exact) mass is 238 g/mol. The highest BCUT2D eigenvalue weighted by Gasteiger charge is 2.09. The van der Waals surface area contributed by atoms with E-state index in [9.17, 15) is 0 Å². The molecule has 0 radical (unpaired) electrons. The number of hydrogen-bond donors (Lipinski definition) is 0. The molecule has 0 atom stereocenters. The van der Waals surface area contributed by atoms with Crippen LogP contribution in [0.25, 0.3) is 10.7 Å². The molecular formula is C8H6N4OS2. The Kier molecular flexibility index (Phi) is 3.32. The number of nitrogens with zero attached hydrogens (tertiary/aromatic N) is 4. The summed E-state index contributed by atoms with van der Waals surface area (Å²) in [5.74, 6) is 2.10. The first-order valence-corrected chi connectivity index (χ1v) is 6.09. The van der Waals surface area contributed by atoms with E-state index in [1.165, 1.54) is 23.1 Å². The largest absolute Gasteiger partial charge is 0.338 e. The Morgan fingerprint density at radius 1 is 1.60 bits per heavy atom. The molecule has 0 saturated heterocycles. The van der Waals surface area contributed by atoms with Gasteiger partial charge in [-0.3, -0.25) is 4.98 Å². The number of nitriles is 1. The van der Waals surface area contributed by atoms with E-state index in [1.807, 2.05) is 6.07 Å². The van der Waals surface area contributed by atoms with Gasteiger partial charge in [0.1, 0.15) is 0 Å². The SMILES string of the molecule is N#CCSCc1nc(-c2cncs2)no1. The maximum Gasteiger partial charge on any atom is 0.237 e. The molecule has 0 aliphatic rings. The Hall–Kier alpha value is -1.39. The van der Waals surface area contributed by atoms with Crippen LogP contribution in [0.2, 0.25) is 0 Å². The third kappa shape index (κ3) is 2.55. The summed E-state index contributed by atoms with van der Waals surface area (Å²) in [6.07, 6.45) is 1.70. The Balaban J connectivity index is 2.02. The summed E-state index contributed by atoms with van der Waals surface area (Å²) in [6, 6.07) is 2.04. The summed E-state index contributed by atoms with van der Waals surface area (Å²) >= 11 is 2.91. The zero-order valence-corrected chi connectivity index (χ0v) is 9.22. The van der Waals surface area contributed by atoms with Crippen molar-refractivity contribution in [1.82, 2.24) is 15.1 Å². The van der Waals surface area contributed by atoms with Crippen LogP contribution in [0.15, 0.2) is 16.2 Å². The Bertz CT molecular complexity index is 459. The van der Waals surface area contributed by atoms with Crippen LogP contribution in [0, 0.1) is 11.3 Å². The molecule has 0 N–H and O–H groups in total. The standard InChI is InChI=1S/C8H6N4OS2/c9-1-2-14-4-7-11-8(12-13-7)6-3-10-5-15-6/h3,5H,2,4H2. The van der Waals surface area contributed by atoms with Crippen LogP contribution in [0.5, 0.6) is 0 Å². The van der Waals surface area contributed by atoms with Crippen molar-refractivity contribution in [2.24, 2.45) is 0 Å². The van der Waals surface area contributed by atoms with Gasteiger partial charge in [0, 0.05) is 6.20 Å². The van der Waals surface area contributed by atoms with Crippen molar-refractivity contribution in [2.45, 2.75) is 5.75 Å². The molecule has 7 heteroatoms. The lowest BCUT2D eigenvalue weighted by Crippen LogP contribution is -1.81. The molecule has 0 fully saturated rings. The van der Waals surface area contributed by atoms with Gasteiger partial charge in [0.2, 0.25) is 11.7 Å². The highest BCUT2D eigenvalue weighted by molar-refractivity contribution is 7.98. The number of aromatic nitrogens is 3. The molecule has 0 aliphatic carbocycles. The van der Waals surface area contributed by atoms with Gasteiger partial charge < -0.3 is 4.52 Å². The molecule has 5 nitrogen and oxygen atoms in total. The van der Waals surface area contributed by atoms with Gasteiger partial charge in [-0.15, -0.1) is 23.1 Å². The van der Waals surface area contributed by atoms with Crippen LogP contribution in [-0.4, -0.2) is 20.9 Å². The summed E-state index contributed by atoms with van der Waals surface area (Å²) in [6.45, 7) is 0. The molecule has 0 saturated carbocycles. The minimum absolute atomic E-state index is 0.429. The minimum atomic E-state index is 0.429. The second kappa shape index (κ2) is 4.91. The molecule has 2 heterocycles. The van der Waals surface area contributed by atoms with Crippen LogP contribution in [0.3, 0.4) is 0 Å². The lowest BCUT2D eigenvalue weighted by molar-refractivity contribution is 0.392. The summed E-state index contributed by atoms with van der Waals surface area (Å²) in [5.41, 5.74) is 1.72. The maximum absolute atomic E-state index is 8.36. The van der Waals surface area contributed by atoms with Gasteiger partial charge in [-0.25, -0.2) is 0 Å². The van der Waals surface area contributed by atoms with Crippen LogP contribution < -0.4 is 0 Å². The predicted molar refractivity (Wildman–Crippen MR) is 57.2 cm³/mol. The zero-order chi connectivity index (χ0) is 10.5. The van der Waals surface area contributed by atoms with Gasteiger partial charge in [-0.2, -0.15) is 10.2 Å². The molecule has 0 bridgehead atoms. The molecular weight excluding hydrogens is 232 g/mol. The van der Waals surface area contributed by atoms with Crippen molar-refractivity contribution in [1.29, 1.82) is 5.26 Å². The van der Waals surface area contributed by atoms with Gasteiger partial charge in [-0.1, -0.05) is 5.16 Å². The quantitative estimate of drug-likeness (QED) is 0.758. The molecule has 0 aromatic carbocycles. The van der Waals surface area contributed by atoms with E-state index in [1.54, 1.807) is 11.7 Å². The highest BCUT2D eigenvalue weighted by atomic mass is 32.2. The number of thiazole rings is 1. The fourth-order valence-electron chi connectivity index (χ4n) is 0.924. The summed E-state index contributed by atoms with van der Waals surface area (Å²) in [4.78, 5) is 9.00. The average Bonchev–Trinajstić information content (AvgIpc) is 2.87. The van der Waals surface area contributed by atoms with Crippen molar-refractivity contribution in [3.8, 4) is 16.8 Å². The first-order valence-electron chi connectivity index (χ1n) is 4.06. The fraction of sp³-hybridized carbons (Fsp3) is 0.250. The highest BCUT2D eigenvalue weighted by Crippen LogP contribution is 2.20. The lowest BCUT2D eigenvalue weighted by atomic mass is 10.5. The molecule has 0 aliphatic heterocycles. The van der Waals surface area contributed by atoms with Crippen molar-refractivity contribution >= 4 is 23.1 Å². The van der Waals surface area contributed by atoms with E-state index in [4.69, 9.17) is 9.78 Å². The predicted octanol–water partition coefficient (Wildman–Crippen LogP) is 1.95. The summed E-state index contributed by atoms with van der Waals surface area (Å²) in [5, 5.41) is 12.2. The average molecular weight is 238 g/mol. The van der Waals surface area contributed by atoms with E-state index in [2.05, 4.69) is 15.1 Å². The number of hydrogen-bond acceptors (Lipinski definition) is 7. The molecule has 76 valence electrons. The molecule has 0 unspecified atom stereocenters. The van der Waals surface area contributed by atoms with E-state index in [0.29, 0.717) is 23.2 Å². The normalized spacial score (nSPS) is 10.1. The number of rotatable bonds is 4. The minimum Gasteiger partial charge on any atom is -0.338 e. The second-order valence-corrected chi connectivity index (χ2v) is 4.40. The van der Waals surface area contributed by atoms with Gasteiger partial charge in [0.15, 0.2) is 0 Å². The molecule has 0 spiro atoms. The van der Waals surface area contributed by atoms with E-state index in [0.717, 1.165) is 4.88 Å². The zero-order valence-electron chi connectivity index (χ0n) is 7.58. The van der Waals surface area contributed by atoms with Gasteiger partial charge in [-0.05, 0) is 0 Å². The van der Waals surface area contributed by atoms with Gasteiger partial charge in [0.25, 0.3) is 0 Å². The van der Waals surface area contributed by atoms with E-state index < -0.39 is 0 Å². The molecule has 2 aromatic heterocycles. The van der Waals surface area contributed by atoms with Gasteiger partial charge >= 0.3 is 0 Å². The van der Waals surface area contributed by atoms with Gasteiger partial charge in [0.05, 0.1) is 28.0 Å². The van der Waals surface area contributed by atoms with E-state index in [-0.39, 0.29) is 0 Å². The molecule has 15 heavy (non-hydrogen) atoms. The van der Waals surface area contributed by atoms with Crippen molar-refractivity contribution in [3.63, 3.8) is 0 Å². The van der Waals surface area contributed by atoms with Crippen LogP contribution in [-0.2, 0) is 5.75 Å². The topological polar surface area (TPSA) is 75.6 Å². The van der Waals surface area contributed by atoms with Crippen LogP contribution in [0.1, 0.15) is 5.89 Å². The molecule has 0 amide bonds. The smallest absolute Gasteiger partial charge is 0.237 e. The second-order valence-electron chi connectivity index (χ2n) is 2.53. The first kappa shape index (κ1) is 10.1. The summed E-state index contributed by atoms with van der Waals surface area (Å²) < 4.78 is 5.02. The van der Waals surface area contributed by atoms with Crippen LogP contribution >= 0.6 is 23.1 Å². The van der Waals surface area contributed by atoms with Crippen LogP contribution in [0.4, 0.5) is 0 Å². The van der Waals surface area contributed by atoms with Crippen molar-refractivity contribution in [2.75, 3.05) is 5.75 Å². The lowest BCUT2D eigenvalue weighted by Gasteiger charge is -1.86. The summed E-state index contributed by atoms with van der Waals surface area (Å²) in [7, 11) is 0. The van der Waals surface area contributed by atoms with E-state index >= 15 is 0 Å². The van der Waals surface area contributed by atoms with Crippen molar-refractivity contribution < 1.29 is 4.52 Å². The number of thioether (sulfide) groups is 1.